The van der Waals surface area contributed by atoms with E-state index in [0.29, 0.717) is 21.1 Å². The Hall–Kier alpha value is -4.47. The van der Waals surface area contributed by atoms with Crippen LogP contribution in [-0.4, -0.2) is 49.3 Å². The first-order valence-electron chi connectivity index (χ1n) is 13.8. The van der Waals surface area contributed by atoms with Crippen LogP contribution < -0.4 is 4.31 Å². The summed E-state index contributed by atoms with van der Waals surface area (Å²) in [7, 11) is -2.11. The molecule has 0 bridgehead atoms. The molecule has 6 aromatic rings. The van der Waals surface area contributed by atoms with E-state index in [1.165, 1.54) is 15.6 Å². The van der Waals surface area contributed by atoms with Crippen molar-refractivity contribution in [3.63, 3.8) is 0 Å². The smallest absolute Gasteiger partial charge is 0.273 e. The molecule has 4 heterocycles. The van der Waals surface area contributed by atoms with Gasteiger partial charge in [-0.3, -0.25) is 9.10 Å². The molecule has 3 aromatic heterocycles. The highest BCUT2D eigenvalue weighted by Gasteiger charge is 2.24. The zero-order valence-corrected chi connectivity index (χ0v) is 24.6. The summed E-state index contributed by atoms with van der Waals surface area (Å²) in [4.78, 5) is 23.1. The molecule has 3 aromatic carbocycles. The third-order valence-corrected chi connectivity index (χ3v) is 11.1. The Morgan fingerprint density at radius 3 is 2.40 bits per heavy atom. The first kappa shape index (κ1) is 26.4. The molecule has 7 nitrogen and oxygen atoms in total. The molecule has 0 atom stereocenters. The summed E-state index contributed by atoms with van der Waals surface area (Å²) in [6.07, 6.45) is 3.97. The Morgan fingerprint density at radius 1 is 0.929 bits per heavy atom. The molecule has 1 aliphatic rings. The standard InChI is InChI=1S/C33H28N4O3S2/c1-36(42(39,40)29-10-7-19-41-29)25-15-16-28-26(20-25)31-30(23-8-3-2-4-9-23)27(21-34-32(31)35-28)22-11-13-24(14-12-22)33(38)37-17-5-6-18-37/h2-4,7-16,19-21H,5-6,17-18H2,1H3,(H,34,35). The third-order valence-electron chi connectivity index (χ3n) is 7.98. The lowest BCUT2D eigenvalue weighted by Gasteiger charge is -2.19. The summed E-state index contributed by atoms with van der Waals surface area (Å²) in [5.41, 5.74) is 6.71. The number of rotatable bonds is 6. The second kappa shape index (κ2) is 10.4. The molecular formula is C33H28N4O3S2. The van der Waals surface area contributed by atoms with E-state index >= 15 is 0 Å². The van der Waals surface area contributed by atoms with Crippen molar-refractivity contribution < 1.29 is 13.2 Å². The summed E-state index contributed by atoms with van der Waals surface area (Å²) in [6, 6.07) is 26.9. The zero-order valence-electron chi connectivity index (χ0n) is 22.9. The number of hydrogen-bond donors (Lipinski definition) is 1. The predicted octanol–water partition coefficient (Wildman–Crippen LogP) is 7.17. The summed E-state index contributed by atoms with van der Waals surface area (Å²) in [5, 5.41) is 3.55. The quantitative estimate of drug-likeness (QED) is 0.222. The van der Waals surface area contributed by atoms with E-state index in [9.17, 15) is 13.2 Å². The Labute approximate surface area is 248 Å². The van der Waals surface area contributed by atoms with Crippen molar-refractivity contribution in [2.45, 2.75) is 17.1 Å². The molecule has 1 fully saturated rings. The van der Waals surface area contributed by atoms with Gasteiger partial charge in [0, 0.05) is 59.3 Å². The van der Waals surface area contributed by atoms with Crippen molar-refractivity contribution in [1.29, 1.82) is 0 Å². The molecule has 1 aliphatic heterocycles. The van der Waals surface area contributed by atoms with Gasteiger partial charge in [-0.05, 0) is 65.7 Å². The van der Waals surface area contributed by atoms with Gasteiger partial charge in [0.15, 0.2) is 0 Å². The number of aromatic amines is 1. The van der Waals surface area contributed by atoms with Gasteiger partial charge in [-0.25, -0.2) is 13.4 Å². The van der Waals surface area contributed by atoms with Crippen LogP contribution in [0.2, 0.25) is 0 Å². The fourth-order valence-corrected chi connectivity index (χ4v) is 8.09. The number of hydrogen-bond acceptors (Lipinski definition) is 5. The number of sulfonamides is 1. The number of H-pyrrole nitrogens is 1. The van der Waals surface area contributed by atoms with Gasteiger partial charge in [0.2, 0.25) is 0 Å². The van der Waals surface area contributed by atoms with Gasteiger partial charge in [0.05, 0.1) is 5.69 Å². The van der Waals surface area contributed by atoms with Crippen molar-refractivity contribution in [3.05, 3.63) is 102 Å². The van der Waals surface area contributed by atoms with Crippen LogP contribution in [0.1, 0.15) is 23.2 Å². The van der Waals surface area contributed by atoms with Crippen LogP contribution in [0.3, 0.4) is 0 Å². The van der Waals surface area contributed by atoms with Gasteiger partial charge in [-0.2, -0.15) is 0 Å². The average molecular weight is 593 g/mol. The lowest BCUT2D eigenvalue weighted by atomic mass is 9.92. The molecule has 1 amide bonds. The number of likely N-dealkylation sites (tertiary alicyclic amines) is 1. The molecule has 1 N–H and O–H groups in total. The van der Waals surface area contributed by atoms with Crippen LogP contribution in [0.4, 0.5) is 5.69 Å². The maximum atomic E-state index is 13.3. The minimum Gasteiger partial charge on any atom is -0.339 e. The average Bonchev–Trinajstić information content (AvgIpc) is 3.82. The molecule has 9 heteroatoms. The lowest BCUT2D eigenvalue weighted by molar-refractivity contribution is 0.0793. The highest BCUT2D eigenvalue weighted by atomic mass is 32.2. The van der Waals surface area contributed by atoms with E-state index in [-0.39, 0.29) is 5.91 Å². The molecule has 0 radical (unpaired) electrons. The first-order valence-corrected chi connectivity index (χ1v) is 16.2. The number of aromatic nitrogens is 2. The van der Waals surface area contributed by atoms with E-state index in [2.05, 4.69) is 17.1 Å². The van der Waals surface area contributed by atoms with E-state index in [0.717, 1.165) is 64.5 Å². The maximum absolute atomic E-state index is 13.3. The minimum atomic E-state index is -3.69. The topological polar surface area (TPSA) is 86.4 Å². The largest absolute Gasteiger partial charge is 0.339 e. The van der Waals surface area contributed by atoms with Crippen LogP contribution in [0.25, 0.3) is 44.2 Å². The van der Waals surface area contributed by atoms with Crippen LogP contribution in [0.5, 0.6) is 0 Å². The second-order valence-electron chi connectivity index (χ2n) is 10.5. The second-order valence-corrected chi connectivity index (χ2v) is 13.6. The number of anilines is 1. The molecule has 42 heavy (non-hydrogen) atoms. The molecule has 1 saturated heterocycles. The number of benzene rings is 3. The highest BCUT2D eigenvalue weighted by Crippen LogP contribution is 2.41. The number of amides is 1. The molecule has 210 valence electrons. The minimum absolute atomic E-state index is 0.0710. The molecule has 0 aliphatic carbocycles. The van der Waals surface area contributed by atoms with Gasteiger partial charge in [0.25, 0.3) is 15.9 Å². The number of pyridine rings is 1. The van der Waals surface area contributed by atoms with Gasteiger partial charge >= 0.3 is 0 Å². The summed E-state index contributed by atoms with van der Waals surface area (Å²) >= 11 is 1.20. The summed E-state index contributed by atoms with van der Waals surface area (Å²) in [5.74, 6) is 0.0710. The molecule has 0 unspecified atom stereocenters. The molecule has 0 saturated carbocycles. The fraction of sp³-hybridized carbons (Fsp3) is 0.152. The van der Waals surface area contributed by atoms with Crippen molar-refractivity contribution in [2.24, 2.45) is 0 Å². The normalized spacial score (nSPS) is 13.7. The summed E-state index contributed by atoms with van der Waals surface area (Å²) < 4.78 is 28.2. The van der Waals surface area contributed by atoms with E-state index in [4.69, 9.17) is 4.98 Å². The van der Waals surface area contributed by atoms with E-state index < -0.39 is 10.0 Å². The Morgan fingerprint density at radius 2 is 1.69 bits per heavy atom. The molecule has 0 spiro atoms. The van der Waals surface area contributed by atoms with E-state index in [1.807, 2.05) is 71.8 Å². The first-order chi connectivity index (χ1) is 20.4. The Balaban J connectivity index is 1.39. The lowest BCUT2D eigenvalue weighted by Crippen LogP contribution is -2.27. The number of nitrogens with one attached hydrogen (secondary N) is 1. The van der Waals surface area contributed by atoms with E-state index in [1.54, 1.807) is 24.6 Å². The fourth-order valence-electron chi connectivity index (χ4n) is 5.74. The molecular weight excluding hydrogens is 565 g/mol. The number of carbonyl (C=O) groups excluding carboxylic acids is 1. The van der Waals surface area contributed by atoms with Crippen molar-refractivity contribution in [2.75, 3.05) is 24.4 Å². The van der Waals surface area contributed by atoms with Crippen molar-refractivity contribution in [3.8, 4) is 22.3 Å². The zero-order chi connectivity index (χ0) is 28.8. The van der Waals surface area contributed by atoms with Gasteiger partial charge in [0.1, 0.15) is 9.86 Å². The van der Waals surface area contributed by atoms with Crippen LogP contribution in [0.15, 0.2) is 101 Å². The van der Waals surface area contributed by atoms with Gasteiger partial charge < -0.3 is 9.88 Å². The van der Waals surface area contributed by atoms with Crippen molar-refractivity contribution in [1.82, 2.24) is 14.9 Å². The van der Waals surface area contributed by atoms with Gasteiger partial charge in [-0.15, -0.1) is 11.3 Å². The highest BCUT2D eigenvalue weighted by molar-refractivity contribution is 7.94. The van der Waals surface area contributed by atoms with Gasteiger partial charge in [-0.1, -0.05) is 48.5 Å². The predicted molar refractivity (Wildman–Crippen MR) is 170 cm³/mol. The monoisotopic (exact) mass is 592 g/mol. The number of thiophene rings is 1. The SMILES string of the molecule is CN(c1ccc2[nH]c3ncc(-c4ccc(C(=O)N5CCCC5)cc4)c(-c4ccccc4)c3c2c1)S(=O)(=O)c1cccs1. The van der Waals surface area contributed by atoms with Crippen molar-refractivity contribution >= 4 is 54.9 Å². The molecule has 7 rings (SSSR count). The Kier molecular flexibility index (Phi) is 6.56. The number of fused-ring (bicyclic) bond motifs is 3. The van der Waals surface area contributed by atoms with Crippen LogP contribution in [-0.2, 0) is 10.0 Å². The van der Waals surface area contributed by atoms with Crippen LogP contribution in [0, 0.1) is 0 Å². The van der Waals surface area contributed by atoms with Crippen LogP contribution >= 0.6 is 11.3 Å². The number of carbonyl (C=O) groups is 1. The third kappa shape index (κ3) is 4.45. The maximum Gasteiger partial charge on any atom is 0.273 e. The summed E-state index contributed by atoms with van der Waals surface area (Å²) in [6.45, 7) is 1.62. The Bertz CT molecular complexity index is 2030. The number of nitrogens with zero attached hydrogens (tertiary/aromatic N) is 3.